The van der Waals surface area contributed by atoms with Crippen molar-refractivity contribution in [2.75, 3.05) is 7.11 Å². The van der Waals surface area contributed by atoms with Crippen molar-refractivity contribution in [3.05, 3.63) is 52.8 Å². The molecule has 0 aliphatic rings. The lowest BCUT2D eigenvalue weighted by Crippen LogP contribution is -1.87. The van der Waals surface area contributed by atoms with Crippen LogP contribution in [0.3, 0.4) is 0 Å². The van der Waals surface area contributed by atoms with E-state index in [0.29, 0.717) is 0 Å². The van der Waals surface area contributed by atoms with Gasteiger partial charge >= 0.3 is 0 Å². The van der Waals surface area contributed by atoms with Crippen LogP contribution in [0.1, 0.15) is 5.56 Å². The fourth-order valence-electron chi connectivity index (χ4n) is 2.21. The molecule has 3 rings (SSSR count). The Labute approximate surface area is 120 Å². The molecule has 0 N–H and O–H groups in total. The Morgan fingerprint density at radius 2 is 2.00 bits per heavy atom. The third kappa shape index (κ3) is 2.12. The maximum atomic E-state index is 5.39. The third-order valence-corrected chi connectivity index (χ3v) is 3.52. The van der Waals surface area contributed by atoms with Crippen LogP contribution in [0.5, 0.6) is 5.75 Å². The molecular formula is C15H13BrN2O. The first-order chi connectivity index (χ1) is 9.19. The summed E-state index contributed by atoms with van der Waals surface area (Å²) in [5, 5.41) is 0. The number of methoxy groups -OCH3 is 1. The van der Waals surface area contributed by atoms with Crippen LogP contribution in [0.4, 0.5) is 0 Å². The van der Waals surface area contributed by atoms with Gasteiger partial charge in [-0.05, 0) is 46.6 Å². The van der Waals surface area contributed by atoms with Crippen LogP contribution in [0.15, 0.2) is 47.2 Å². The van der Waals surface area contributed by atoms with Gasteiger partial charge in [-0.15, -0.1) is 0 Å². The van der Waals surface area contributed by atoms with E-state index in [-0.39, 0.29) is 0 Å². The number of aryl methyl sites for hydroxylation is 1. The van der Waals surface area contributed by atoms with Gasteiger partial charge in [0.25, 0.3) is 0 Å². The number of para-hydroxylation sites is 1. The van der Waals surface area contributed by atoms with E-state index in [1.54, 1.807) is 7.11 Å². The van der Waals surface area contributed by atoms with Crippen LogP contribution in [0, 0.1) is 6.92 Å². The third-order valence-electron chi connectivity index (χ3n) is 3.08. The van der Waals surface area contributed by atoms with E-state index in [1.807, 2.05) is 41.1 Å². The topological polar surface area (TPSA) is 26.5 Å². The summed E-state index contributed by atoms with van der Waals surface area (Å²) < 4.78 is 8.46. The first kappa shape index (κ1) is 12.2. The Balaban J connectivity index is 2.23. The predicted molar refractivity (Wildman–Crippen MR) is 79.6 cm³/mol. The van der Waals surface area contributed by atoms with Crippen LogP contribution in [-0.2, 0) is 0 Å². The minimum atomic E-state index is 0.836. The number of fused-ring (bicyclic) bond motifs is 1. The summed E-state index contributed by atoms with van der Waals surface area (Å²) in [6, 6.07) is 9.98. The second-order valence-electron chi connectivity index (χ2n) is 4.40. The van der Waals surface area contributed by atoms with Gasteiger partial charge in [-0.25, -0.2) is 4.98 Å². The fourth-order valence-corrected chi connectivity index (χ4v) is 2.78. The number of hydrogen-bond acceptors (Lipinski definition) is 2. The zero-order valence-corrected chi connectivity index (χ0v) is 12.3. The zero-order valence-electron chi connectivity index (χ0n) is 10.7. The summed E-state index contributed by atoms with van der Waals surface area (Å²) in [7, 11) is 1.68. The second-order valence-corrected chi connectivity index (χ2v) is 5.31. The molecule has 3 aromatic rings. The number of hydrogen-bond donors (Lipinski definition) is 0. The molecule has 19 heavy (non-hydrogen) atoms. The molecular weight excluding hydrogens is 304 g/mol. The van der Waals surface area contributed by atoms with E-state index >= 15 is 0 Å². The molecule has 0 fully saturated rings. The molecule has 0 bridgehead atoms. The zero-order chi connectivity index (χ0) is 13.4. The highest BCUT2D eigenvalue weighted by molar-refractivity contribution is 9.10. The number of ether oxygens (including phenoxy) is 1. The lowest BCUT2D eigenvalue weighted by atomic mass is 10.1. The fraction of sp³-hybridized carbons (Fsp3) is 0.133. The maximum absolute atomic E-state index is 5.39. The molecule has 96 valence electrons. The van der Waals surface area contributed by atoms with Gasteiger partial charge in [0.05, 0.1) is 12.8 Å². The van der Waals surface area contributed by atoms with Crippen molar-refractivity contribution >= 4 is 21.6 Å². The van der Waals surface area contributed by atoms with Gasteiger partial charge in [-0.1, -0.05) is 12.1 Å². The van der Waals surface area contributed by atoms with E-state index in [0.717, 1.165) is 32.7 Å². The van der Waals surface area contributed by atoms with Gasteiger partial charge < -0.3 is 9.14 Å². The molecule has 0 atom stereocenters. The van der Waals surface area contributed by atoms with Crippen molar-refractivity contribution in [1.82, 2.24) is 9.38 Å². The molecule has 0 aliphatic heterocycles. The summed E-state index contributed by atoms with van der Waals surface area (Å²) in [6.07, 6.45) is 4.03. The Hall–Kier alpha value is -1.81. The highest BCUT2D eigenvalue weighted by Gasteiger charge is 2.10. The van der Waals surface area contributed by atoms with E-state index in [1.165, 1.54) is 0 Å². The summed E-state index contributed by atoms with van der Waals surface area (Å²) in [5.74, 6) is 0.836. The molecule has 0 aliphatic carbocycles. The molecule has 0 spiro atoms. The molecule has 1 aromatic carbocycles. The quantitative estimate of drug-likeness (QED) is 0.712. The molecule has 0 radical (unpaired) electrons. The molecule has 2 aromatic heterocycles. The Morgan fingerprint density at radius 3 is 2.79 bits per heavy atom. The monoisotopic (exact) mass is 316 g/mol. The number of pyridine rings is 1. The number of aromatic nitrogens is 2. The van der Waals surface area contributed by atoms with Crippen molar-refractivity contribution in [2.45, 2.75) is 6.92 Å². The lowest BCUT2D eigenvalue weighted by Gasteiger charge is -2.04. The first-order valence-electron chi connectivity index (χ1n) is 5.97. The largest absolute Gasteiger partial charge is 0.496 e. The van der Waals surface area contributed by atoms with Crippen LogP contribution in [0.25, 0.3) is 16.9 Å². The highest BCUT2D eigenvalue weighted by atomic mass is 79.9. The van der Waals surface area contributed by atoms with Crippen molar-refractivity contribution in [3.8, 4) is 17.0 Å². The Morgan fingerprint density at radius 1 is 1.21 bits per heavy atom. The standard InChI is InChI=1S/C15H13BrN2O/c1-10-7-11(16)8-18-9-13(17-15(10)18)12-5-3-4-6-14(12)19-2/h3-9H,1-2H3. The molecule has 2 heterocycles. The van der Waals surface area contributed by atoms with Crippen LogP contribution >= 0.6 is 15.9 Å². The van der Waals surface area contributed by atoms with Crippen LogP contribution in [-0.4, -0.2) is 16.5 Å². The number of nitrogens with zero attached hydrogens (tertiary/aromatic N) is 2. The van der Waals surface area contributed by atoms with Gasteiger partial charge in [0.15, 0.2) is 0 Å². The lowest BCUT2D eigenvalue weighted by molar-refractivity contribution is 0.416. The van der Waals surface area contributed by atoms with Crippen molar-refractivity contribution < 1.29 is 4.74 Å². The molecule has 3 nitrogen and oxygen atoms in total. The SMILES string of the molecule is COc1ccccc1-c1cn2cc(Br)cc(C)c2n1. The summed E-state index contributed by atoms with van der Waals surface area (Å²) >= 11 is 3.50. The van der Waals surface area contributed by atoms with Gasteiger partial charge in [-0.3, -0.25) is 0 Å². The molecule has 0 amide bonds. The van der Waals surface area contributed by atoms with E-state index in [9.17, 15) is 0 Å². The molecule has 0 saturated heterocycles. The number of halogens is 1. The molecule has 4 heteroatoms. The summed E-state index contributed by atoms with van der Waals surface area (Å²) in [6.45, 7) is 2.05. The first-order valence-corrected chi connectivity index (χ1v) is 6.76. The van der Waals surface area contributed by atoms with E-state index in [4.69, 9.17) is 9.72 Å². The van der Waals surface area contributed by atoms with Crippen molar-refractivity contribution in [2.24, 2.45) is 0 Å². The van der Waals surface area contributed by atoms with Gasteiger partial charge in [-0.2, -0.15) is 0 Å². The number of rotatable bonds is 2. The average molecular weight is 317 g/mol. The van der Waals surface area contributed by atoms with Gasteiger partial charge in [0.2, 0.25) is 0 Å². The number of benzene rings is 1. The number of imidazole rings is 1. The normalized spacial score (nSPS) is 10.9. The average Bonchev–Trinajstić information content (AvgIpc) is 2.82. The van der Waals surface area contributed by atoms with Crippen molar-refractivity contribution in [3.63, 3.8) is 0 Å². The predicted octanol–water partition coefficient (Wildman–Crippen LogP) is 4.08. The van der Waals surface area contributed by atoms with E-state index < -0.39 is 0 Å². The minimum Gasteiger partial charge on any atom is -0.496 e. The van der Waals surface area contributed by atoms with Gasteiger partial charge in [0.1, 0.15) is 11.4 Å². The van der Waals surface area contributed by atoms with Crippen LogP contribution < -0.4 is 4.74 Å². The van der Waals surface area contributed by atoms with Gasteiger partial charge in [0, 0.05) is 22.4 Å². The summed E-state index contributed by atoms with van der Waals surface area (Å²) in [5.41, 5.74) is 4.02. The second kappa shape index (κ2) is 4.70. The van der Waals surface area contributed by atoms with Crippen LogP contribution in [0.2, 0.25) is 0 Å². The molecule has 0 saturated carbocycles. The summed E-state index contributed by atoms with van der Waals surface area (Å²) in [4.78, 5) is 4.69. The maximum Gasteiger partial charge on any atom is 0.140 e. The van der Waals surface area contributed by atoms with Crippen molar-refractivity contribution in [1.29, 1.82) is 0 Å². The Kier molecular flexibility index (Phi) is 3.03. The van der Waals surface area contributed by atoms with E-state index in [2.05, 4.69) is 28.9 Å². The minimum absolute atomic E-state index is 0.836. The smallest absolute Gasteiger partial charge is 0.140 e. The highest BCUT2D eigenvalue weighted by Crippen LogP contribution is 2.30. The molecule has 0 unspecified atom stereocenters. The Bertz CT molecular complexity index is 749.